The highest BCUT2D eigenvalue weighted by molar-refractivity contribution is 6.44. The molecule has 25 heavy (non-hydrogen) atoms. The van der Waals surface area contributed by atoms with Crippen LogP contribution in [0.1, 0.15) is 11.3 Å². The van der Waals surface area contributed by atoms with E-state index in [2.05, 4.69) is 5.32 Å². The number of urea groups is 1. The summed E-state index contributed by atoms with van der Waals surface area (Å²) in [5, 5.41) is 2.61. The molecule has 8 heteroatoms. The lowest BCUT2D eigenvalue weighted by Crippen LogP contribution is -2.41. The van der Waals surface area contributed by atoms with E-state index in [1.54, 1.807) is 12.1 Å². The van der Waals surface area contributed by atoms with Crippen LogP contribution in [0.2, 0.25) is 0 Å². The van der Waals surface area contributed by atoms with Gasteiger partial charge in [-0.15, -0.1) is 0 Å². The Hall–Kier alpha value is -3.42. The second kappa shape index (κ2) is 7.00. The van der Waals surface area contributed by atoms with E-state index in [0.717, 1.165) is 10.5 Å². The van der Waals surface area contributed by atoms with E-state index in [-0.39, 0.29) is 13.1 Å². The highest BCUT2D eigenvalue weighted by Gasteiger charge is 2.45. The molecule has 0 aliphatic carbocycles. The molecule has 1 fully saturated rings. The molecular weight excluding hydrogens is 326 g/mol. The summed E-state index contributed by atoms with van der Waals surface area (Å²) in [6.45, 7) is -0.399. The molecule has 2 aromatic rings. The van der Waals surface area contributed by atoms with Crippen LogP contribution in [0, 0.1) is 0 Å². The maximum atomic E-state index is 12.3. The molecule has 2 heterocycles. The molecule has 0 atom stereocenters. The summed E-state index contributed by atoms with van der Waals surface area (Å²) in [5.41, 5.74) is 0.880. The Morgan fingerprint density at radius 2 is 1.68 bits per heavy atom. The van der Waals surface area contributed by atoms with E-state index in [0.29, 0.717) is 10.7 Å². The number of hydrogen-bond donors (Lipinski definition) is 1. The highest BCUT2D eigenvalue weighted by atomic mass is 16.3. The van der Waals surface area contributed by atoms with Gasteiger partial charge in [0.25, 0.3) is 0 Å². The number of carbonyl (C=O) groups is 4. The number of hydrogen-bond acceptors (Lipinski definition) is 5. The lowest BCUT2D eigenvalue weighted by Gasteiger charge is -2.14. The third-order valence-electron chi connectivity index (χ3n) is 3.66. The second-order valence-electron chi connectivity index (χ2n) is 5.41. The summed E-state index contributed by atoms with van der Waals surface area (Å²) >= 11 is 0. The van der Waals surface area contributed by atoms with Gasteiger partial charge in [0.05, 0.1) is 12.8 Å². The molecular formula is C17H15N3O5. The first-order valence-electron chi connectivity index (χ1n) is 7.56. The van der Waals surface area contributed by atoms with Gasteiger partial charge in [0.1, 0.15) is 12.3 Å². The lowest BCUT2D eigenvalue weighted by atomic mass is 10.2. The highest BCUT2D eigenvalue weighted by Crippen LogP contribution is 2.16. The van der Waals surface area contributed by atoms with Crippen LogP contribution in [0.5, 0.6) is 0 Å². The third-order valence-corrected chi connectivity index (χ3v) is 3.66. The predicted octanol–water partition coefficient (Wildman–Crippen LogP) is 0.887. The Labute approximate surface area is 143 Å². The number of benzene rings is 1. The minimum Gasteiger partial charge on any atom is -0.467 e. The molecule has 0 unspecified atom stereocenters. The van der Waals surface area contributed by atoms with Crippen LogP contribution in [0.25, 0.3) is 0 Å². The minimum absolute atomic E-state index is 0.154. The Kier molecular flexibility index (Phi) is 4.60. The van der Waals surface area contributed by atoms with Gasteiger partial charge in [-0.05, 0) is 17.7 Å². The number of rotatable bonds is 6. The van der Waals surface area contributed by atoms with Crippen molar-refractivity contribution in [2.45, 2.75) is 13.1 Å². The van der Waals surface area contributed by atoms with E-state index in [9.17, 15) is 19.2 Å². The molecule has 0 bridgehead atoms. The lowest BCUT2D eigenvalue weighted by molar-refractivity contribution is -0.144. The van der Waals surface area contributed by atoms with Crippen molar-refractivity contribution in [3.05, 3.63) is 60.1 Å². The summed E-state index contributed by atoms with van der Waals surface area (Å²) in [6.07, 6.45) is 1.40. The fourth-order valence-corrected chi connectivity index (χ4v) is 2.38. The van der Waals surface area contributed by atoms with Crippen molar-refractivity contribution < 1.29 is 23.6 Å². The van der Waals surface area contributed by atoms with Crippen molar-refractivity contribution in [2.24, 2.45) is 0 Å². The van der Waals surface area contributed by atoms with Crippen LogP contribution < -0.4 is 5.32 Å². The number of furan rings is 1. The quantitative estimate of drug-likeness (QED) is 0.621. The third kappa shape index (κ3) is 3.57. The number of nitrogens with one attached hydrogen (secondary N) is 1. The van der Waals surface area contributed by atoms with Gasteiger partial charge < -0.3 is 9.73 Å². The molecule has 0 spiro atoms. The monoisotopic (exact) mass is 341 g/mol. The van der Waals surface area contributed by atoms with Crippen molar-refractivity contribution in [3.8, 4) is 0 Å². The fraction of sp³-hybridized carbons (Fsp3) is 0.176. The molecule has 1 N–H and O–H groups in total. The summed E-state index contributed by atoms with van der Waals surface area (Å²) in [4.78, 5) is 49.5. The molecule has 1 aliphatic heterocycles. The number of nitrogens with zero attached hydrogens (tertiary/aromatic N) is 2. The Bertz CT molecular complexity index is 801. The summed E-state index contributed by atoms with van der Waals surface area (Å²) in [7, 11) is 0. The van der Waals surface area contributed by atoms with E-state index >= 15 is 0 Å². The first-order chi connectivity index (χ1) is 12.1. The van der Waals surface area contributed by atoms with Crippen LogP contribution in [-0.4, -0.2) is 40.1 Å². The van der Waals surface area contributed by atoms with Crippen molar-refractivity contribution in [2.75, 3.05) is 6.54 Å². The molecule has 1 saturated heterocycles. The van der Waals surface area contributed by atoms with Gasteiger partial charge in [-0.3, -0.25) is 14.4 Å². The first kappa shape index (κ1) is 16.4. The summed E-state index contributed by atoms with van der Waals surface area (Å²) in [5.74, 6) is -2.16. The van der Waals surface area contributed by atoms with Crippen molar-refractivity contribution >= 4 is 23.8 Å². The standard InChI is InChI=1S/C17H15N3O5/c21-14(18-9-12-5-2-1-3-6-12)11-20-16(23)15(22)19(17(20)24)10-13-7-4-8-25-13/h1-8H,9-11H2,(H,18,21). The maximum absolute atomic E-state index is 12.3. The summed E-state index contributed by atoms with van der Waals surface area (Å²) < 4.78 is 5.08. The van der Waals surface area contributed by atoms with E-state index < -0.39 is 30.3 Å². The van der Waals surface area contributed by atoms with Gasteiger partial charge in [0.15, 0.2) is 0 Å². The van der Waals surface area contributed by atoms with Crippen molar-refractivity contribution in [1.82, 2.24) is 15.1 Å². The van der Waals surface area contributed by atoms with Crippen LogP contribution in [-0.2, 0) is 27.5 Å². The fourth-order valence-electron chi connectivity index (χ4n) is 2.38. The first-order valence-corrected chi connectivity index (χ1v) is 7.56. The SMILES string of the molecule is O=C(CN1C(=O)C(=O)N(Cc2ccco2)C1=O)NCc1ccccc1. The molecule has 8 nitrogen and oxygen atoms in total. The van der Waals surface area contributed by atoms with E-state index in [1.807, 2.05) is 30.3 Å². The smallest absolute Gasteiger partial charge is 0.335 e. The molecule has 3 rings (SSSR count). The zero-order chi connectivity index (χ0) is 17.8. The van der Waals surface area contributed by atoms with Crippen LogP contribution in [0.15, 0.2) is 53.1 Å². The van der Waals surface area contributed by atoms with Gasteiger partial charge in [-0.2, -0.15) is 0 Å². The maximum Gasteiger partial charge on any atom is 0.335 e. The zero-order valence-corrected chi connectivity index (χ0v) is 13.2. The summed E-state index contributed by atoms with van der Waals surface area (Å²) in [6, 6.07) is 11.5. The van der Waals surface area contributed by atoms with Crippen LogP contribution in [0.4, 0.5) is 4.79 Å². The van der Waals surface area contributed by atoms with E-state index in [1.165, 1.54) is 6.26 Å². The van der Waals surface area contributed by atoms with E-state index in [4.69, 9.17) is 4.42 Å². The minimum atomic E-state index is -1.02. The van der Waals surface area contributed by atoms with Crippen molar-refractivity contribution in [3.63, 3.8) is 0 Å². The average molecular weight is 341 g/mol. The number of imide groups is 2. The number of carbonyl (C=O) groups excluding carboxylic acids is 4. The normalized spacial score (nSPS) is 14.3. The molecule has 0 saturated carbocycles. The molecule has 1 aliphatic rings. The Balaban J connectivity index is 1.60. The van der Waals surface area contributed by atoms with Gasteiger partial charge in [0.2, 0.25) is 5.91 Å². The second-order valence-corrected chi connectivity index (χ2v) is 5.41. The van der Waals surface area contributed by atoms with Gasteiger partial charge >= 0.3 is 17.8 Å². The topological polar surface area (TPSA) is 99.9 Å². The Morgan fingerprint density at radius 3 is 2.36 bits per heavy atom. The van der Waals surface area contributed by atoms with Gasteiger partial charge in [-0.25, -0.2) is 14.6 Å². The largest absolute Gasteiger partial charge is 0.467 e. The molecule has 5 amide bonds. The van der Waals surface area contributed by atoms with Crippen LogP contribution >= 0.6 is 0 Å². The van der Waals surface area contributed by atoms with Crippen LogP contribution in [0.3, 0.4) is 0 Å². The molecule has 128 valence electrons. The zero-order valence-electron chi connectivity index (χ0n) is 13.2. The predicted molar refractivity (Wildman–Crippen MR) is 84.7 cm³/mol. The van der Waals surface area contributed by atoms with Crippen molar-refractivity contribution in [1.29, 1.82) is 0 Å². The van der Waals surface area contributed by atoms with Gasteiger partial charge in [-0.1, -0.05) is 30.3 Å². The molecule has 1 aromatic carbocycles. The average Bonchev–Trinajstić information content (AvgIpc) is 3.20. The molecule has 0 radical (unpaired) electrons. The number of amides is 5. The molecule has 1 aromatic heterocycles. The van der Waals surface area contributed by atoms with Gasteiger partial charge in [0, 0.05) is 6.54 Å². The Morgan fingerprint density at radius 1 is 0.960 bits per heavy atom.